The zero-order valence-electron chi connectivity index (χ0n) is 18.9. The van der Waals surface area contributed by atoms with Crippen LogP contribution in [0.15, 0.2) is 59.2 Å². The SMILES string of the molecule is O=C(NCC1CCCO1)c1coc(CN(Cc2ccc(F)cc2)Cc2cccc(C(F)(F)F)c2)n1. The van der Waals surface area contributed by atoms with Crippen LogP contribution in [0.25, 0.3) is 0 Å². The Morgan fingerprint density at radius 2 is 1.86 bits per heavy atom. The van der Waals surface area contributed by atoms with E-state index in [0.29, 0.717) is 25.3 Å². The maximum Gasteiger partial charge on any atom is 0.416 e. The maximum absolute atomic E-state index is 13.3. The van der Waals surface area contributed by atoms with Gasteiger partial charge in [-0.25, -0.2) is 9.37 Å². The number of hydrogen-bond acceptors (Lipinski definition) is 5. The largest absolute Gasteiger partial charge is 0.447 e. The van der Waals surface area contributed by atoms with Crippen molar-refractivity contribution in [2.24, 2.45) is 0 Å². The highest BCUT2D eigenvalue weighted by Gasteiger charge is 2.30. The van der Waals surface area contributed by atoms with E-state index in [1.54, 1.807) is 18.2 Å². The van der Waals surface area contributed by atoms with E-state index >= 15 is 0 Å². The van der Waals surface area contributed by atoms with Gasteiger partial charge in [-0.05, 0) is 42.2 Å². The number of nitrogens with one attached hydrogen (secondary N) is 1. The minimum absolute atomic E-state index is 0.0102. The number of aromatic nitrogens is 1. The predicted molar refractivity (Wildman–Crippen MR) is 119 cm³/mol. The van der Waals surface area contributed by atoms with Crippen molar-refractivity contribution in [1.29, 1.82) is 0 Å². The molecule has 1 fully saturated rings. The van der Waals surface area contributed by atoms with Crippen LogP contribution in [0.1, 0.15) is 45.9 Å². The highest BCUT2D eigenvalue weighted by molar-refractivity contribution is 5.91. The van der Waals surface area contributed by atoms with Gasteiger partial charge in [0.15, 0.2) is 5.69 Å². The molecule has 35 heavy (non-hydrogen) atoms. The smallest absolute Gasteiger partial charge is 0.416 e. The molecule has 3 aromatic rings. The van der Waals surface area contributed by atoms with Gasteiger partial charge in [0.05, 0.1) is 18.2 Å². The van der Waals surface area contributed by atoms with Crippen LogP contribution in [0.3, 0.4) is 0 Å². The first-order valence-corrected chi connectivity index (χ1v) is 11.2. The summed E-state index contributed by atoms with van der Waals surface area (Å²) in [5, 5.41) is 2.77. The van der Waals surface area contributed by atoms with Crippen molar-refractivity contribution in [3.05, 3.63) is 88.9 Å². The van der Waals surface area contributed by atoms with Gasteiger partial charge in [0.25, 0.3) is 5.91 Å². The molecule has 1 aliphatic heterocycles. The molecule has 0 radical (unpaired) electrons. The van der Waals surface area contributed by atoms with E-state index < -0.39 is 17.6 Å². The summed E-state index contributed by atoms with van der Waals surface area (Å²) in [6, 6.07) is 10.9. The average Bonchev–Trinajstić information content (AvgIpc) is 3.51. The molecule has 1 atom stereocenters. The van der Waals surface area contributed by atoms with Gasteiger partial charge in [0, 0.05) is 26.2 Å². The molecule has 2 aromatic carbocycles. The number of alkyl halides is 3. The van der Waals surface area contributed by atoms with E-state index in [4.69, 9.17) is 9.15 Å². The molecule has 0 saturated carbocycles. The lowest BCUT2D eigenvalue weighted by Gasteiger charge is -2.21. The fourth-order valence-corrected chi connectivity index (χ4v) is 3.90. The van der Waals surface area contributed by atoms with E-state index in [-0.39, 0.29) is 36.6 Å². The normalized spacial score (nSPS) is 16.1. The predicted octanol–water partition coefficient (Wildman–Crippen LogP) is 4.94. The van der Waals surface area contributed by atoms with Gasteiger partial charge in [-0.2, -0.15) is 13.2 Å². The second-order valence-electron chi connectivity index (χ2n) is 8.44. The number of benzene rings is 2. The third-order valence-corrected chi connectivity index (χ3v) is 5.64. The second kappa shape index (κ2) is 11.0. The molecule has 4 rings (SSSR count). The Kier molecular flexibility index (Phi) is 7.82. The van der Waals surface area contributed by atoms with Gasteiger partial charge in [-0.3, -0.25) is 9.69 Å². The molecule has 10 heteroatoms. The number of hydrogen-bond donors (Lipinski definition) is 1. The molecule has 6 nitrogen and oxygen atoms in total. The number of halogens is 4. The lowest BCUT2D eigenvalue weighted by molar-refractivity contribution is -0.137. The van der Waals surface area contributed by atoms with Crippen LogP contribution in [-0.2, 0) is 30.5 Å². The standard InChI is InChI=1S/C25H25F4N3O3/c26-20-8-6-17(7-9-20)13-32(14-18-3-1-4-19(11-18)25(27,28)29)15-23-31-22(16-35-23)24(33)30-12-21-5-2-10-34-21/h1,3-4,6-9,11,16,21H,2,5,10,12-15H2,(H,30,33). The van der Waals surface area contributed by atoms with E-state index in [0.717, 1.165) is 30.5 Å². The Bertz CT molecular complexity index is 1130. The maximum atomic E-state index is 13.3. The van der Waals surface area contributed by atoms with Crippen LogP contribution in [0.2, 0.25) is 0 Å². The van der Waals surface area contributed by atoms with Crippen molar-refractivity contribution in [2.75, 3.05) is 13.2 Å². The quantitative estimate of drug-likeness (QED) is 0.430. The average molecular weight is 491 g/mol. The summed E-state index contributed by atoms with van der Waals surface area (Å²) in [6.45, 7) is 1.66. The Morgan fingerprint density at radius 1 is 1.09 bits per heavy atom. The van der Waals surface area contributed by atoms with Gasteiger partial charge in [0.2, 0.25) is 5.89 Å². The fraction of sp³-hybridized carbons (Fsp3) is 0.360. The van der Waals surface area contributed by atoms with Gasteiger partial charge in [0.1, 0.15) is 12.1 Å². The van der Waals surface area contributed by atoms with Gasteiger partial charge >= 0.3 is 6.18 Å². The minimum Gasteiger partial charge on any atom is -0.447 e. The number of rotatable bonds is 9. The van der Waals surface area contributed by atoms with Crippen molar-refractivity contribution in [3.8, 4) is 0 Å². The van der Waals surface area contributed by atoms with E-state index in [2.05, 4.69) is 10.3 Å². The highest BCUT2D eigenvalue weighted by atomic mass is 19.4. The zero-order chi connectivity index (χ0) is 24.8. The Hall–Kier alpha value is -3.24. The minimum atomic E-state index is -4.45. The van der Waals surface area contributed by atoms with Crippen molar-refractivity contribution in [1.82, 2.24) is 15.2 Å². The Labute approximate surface area is 199 Å². The number of carbonyl (C=O) groups excluding carboxylic acids is 1. The monoisotopic (exact) mass is 491 g/mol. The molecule has 0 bridgehead atoms. The Balaban J connectivity index is 1.46. The van der Waals surface area contributed by atoms with Gasteiger partial charge in [-0.1, -0.05) is 30.3 Å². The second-order valence-corrected chi connectivity index (χ2v) is 8.44. The lowest BCUT2D eigenvalue weighted by Crippen LogP contribution is -2.32. The van der Waals surface area contributed by atoms with E-state index in [1.807, 2.05) is 4.90 Å². The van der Waals surface area contributed by atoms with Crippen LogP contribution in [0, 0.1) is 5.82 Å². The fourth-order valence-electron chi connectivity index (χ4n) is 3.90. The van der Waals surface area contributed by atoms with Crippen molar-refractivity contribution in [2.45, 2.75) is 44.8 Å². The molecule has 1 unspecified atom stereocenters. The molecule has 1 aliphatic rings. The zero-order valence-corrected chi connectivity index (χ0v) is 18.9. The number of carbonyl (C=O) groups is 1. The van der Waals surface area contributed by atoms with E-state index in [9.17, 15) is 22.4 Å². The van der Waals surface area contributed by atoms with Crippen LogP contribution < -0.4 is 5.32 Å². The first-order chi connectivity index (χ1) is 16.8. The molecule has 186 valence electrons. The van der Waals surface area contributed by atoms with Crippen LogP contribution in [0.5, 0.6) is 0 Å². The van der Waals surface area contributed by atoms with Gasteiger partial charge < -0.3 is 14.5 Å². The topological polar surface area (TPSA) is 67.6 Å². The third-order valence-electron chi connectivity index (χ3n) is 5.64. The number of nitrogens with zero attached hydrogens (tertiary/aromatic N) is 2. The first kappa shape index (κ1) is 24.9. The molecule has 0 aliphatic carbocycles. The highest BCUT2D eigenvalue weighted by Crippen LogP contribution is 2.30. The van der Waals surface area contributed by atoms with Crippen molar-refractivity contribution in [3.63, 3.8) is 0 Å². The van der Waals surface area contributed by atoms with Crippen molar-refractivity contribution < 1.29 is 31.5 Å². The summed E-state index contributed by atoms with van der Waals surface area (Å²) < 4.78 is 63.8. The summed E-state index contributed by atoms with van der Waals surface area (Å²) >= 11 is 0. The number of oxazole rings is 1. The molecule has 1 aromatic heterocycles. The van der Waals surface area contributed by atoms with Crippen molar-refractivity contribution >= 4 is 5.91 Å². The first-order valence-electron chi connectivity index (χ1n) is 11.2. The molecular formula is C25H25F4N3O3. The van der Waals surface area contributed by atoms with Crippen LogP contribution >= 0.6 is 0 Å². The molecule has 0 spiro atoms. The Morgan fingerprint density at radius 3 is 2.57 bits per heavy atom. The van der Waals surface area contributed by atoms with Crippen LogP contribution in [-0.4, -0.2) is 35.0 Å². The van der Waals surface area contributed by atoms with Crippen LogP contribution in [0.4, 0.5) is 17.6 Å². The number of amides is 1. The summed E-state index contributed by atoms with van der Waals surface area (Å²) in [7, 11) is 0. The van der Waals surface area contributed by atoms with Gasteiger partial charge in [-0.15, -0.1) is 0 Å². The lowest BCUT2D eigenvalue weighted by atomic mass is 10.1. The molecule has 1 saturated heterocycles. The summed E-state index contributed by atoms with van der Waals surface area (Å²) in [5.41, 5.74) is 0.583. The molecular weight excluding hydrogens is 466 g/mol. The molecule has 1 N–H and O–H groups in total. The summed E-state index contributed by atoms with van der Waals surface area (Å²) in [4.78, 5) is 18.5. The molecule has 2 heterocycles. The summed E-state index contributed by atoms with van der Waals surface area (Å²) in [5.74, 6) is -0.538. The van der Waals surface area contributed by atoms with E-state index in [1.165, 1.54) is 24.5 Å². The summed E-state index contributed by atoms with van der Waals surface area (Å²) in [6.07, 6.45) is -1.36. The number of ether oxygens (including phenoxy) is 1. The molecule has 1 amide bonds. The third kappa shape index (κ3) is 7.12.